The molecular weight excluding hydrogens is 148 g/mol. The van der Waals surface area contributed by atoms with Gasteiger partial charge in [0.2, 0.25) is 5.24 Å². The van der Waals surface area contributed by atoms with Crippen LogP contribution in [0.3, 0.4) is 0 Å². The molecule has 2 aliphatic carbocycles. The Hall–Kier alpha value is -0.0400. The second kappa shape index (κ2) is 2.23. The highest BCUT2D eigenvalue weighted by molar-refractivity contribution is 6.64. The number of hydrogen-bond donors (Lipinski definition) is 0. The number of rotatable bonds is 1. The number of halogens is 1. The Kier molecular flexibility index (Phi) is 1.48. The van der Waals surface area contributed by atoms with E-state index >= 15 is 0 Å². The van der Waals surface area contributed by atoms with E-state index in [4.69, 9.17) is 11.6 Å². The molecule has 10 heavy (non-hydrogen) atoms. The van der Waals surface area contributed by atoms with Gasteiger partial charge in [-0.3, -0.25) is 4.79 Å². The second-order valence-corrected chi connectivity index (χ2v) is 3.96. The fourth-order valence-corrected chi connectivity index (χ4v) is 2.79. The first kappa shape index (κ1) is 6.66. The molecule has 0 heterocycles. The van der Waals surface area contributed by atoms with Crippen molar-refractivity contribution in [1.82, 2.24) is 0 Å². The molecule has 0 radical (unpaired) electrons. The lowest BCUT2D eigenvalue weighted by molar-refractivity contribution is -0.116. The van der Waals surface area contributed by atoms with Crippen molar-refractivity contribution in [2.24, 2.45) is 17.8 Å². The van der Waals surface area contributed by atoms with Crippen LogP contribution in [0.2, 0.25) is 0 Å². The van der Waals surface area contributed by atoms with Gasteiger partial charge in [-0.05, 0) is 42.7 Å². The number of hydrogen-bond acceptors (Lipinski definition) is 1. The molecule has 2 bridgehead atoms. The molecule has 0 spiro atoms. The van der Waals surface area contributed by atoms with E-state index in [1.807, 2.05) is 0 Å². The predicted octanol–water partition coefficient (Wildman–Crippen LogP) is 2.19. The molecule has 2 saturated carbocycles. The first-order valence-corrected chi connectivity index (χ1v) is 4.34. The maximum absolute atomic E-state index is 10.8. The number of carbonyl (C=O) groups is 1. The summed E-state index contributed by atoms with van der Waals surface area (Å²) < 4.78 is 0. The van der Waals surface area contributed by atoms with Crippen LogP contribution in [0.15, 0.2) is 0 Å². The van der Waals surface area contributed by atoms with E-state index in [0.29, 0.717) is 5.92 Å². The summed E-state index contributed by atoms with van der Waals surface area (Å²) in [6.07, 6.45) is 4.93. The van der Waals surface area contributed by atoms with Crippen LogP contribution in [-0.4, -0.2) is 5.24 Å². The van der Waals surface area contributed by atoms with Gasteiger partial charge in [-0.1, -0.05) is 6.42 Å². The zero-order valence-corrected chi connectivity index (χ0v) is 6.60. The molecule has 2 rings (SSSR count). The average molecular weight is 159 g/mol. The van der Waals surface area contributed by atoms with Gasteiger partial charge in [0, 0.05) is 5.92 Å². The molecule has 0 amide bonds. The molecule has 2 fully saturated rings. The minimum atomic E-state index is -0.0906. The molecule has 56 valence electrons. The summed E-state index contributed by atoms with van der Waals surface area (Å²) in [4.78, 5) is 10.8. The second-order valence-electron chi connectivity index (χ2n) is 3.59. The maximum Gasteiger partial charge on any atom is 0.225 e. The van der Waals surface area contributed by atoms with Gasteiger partial charge in [0.05, 0.1) is 0 Å². The molecular formula is C8H11ClO. The molecule has 2 heteroatoms. The van der Waals surface area contributed by atoms with Crippen LogP contribution in [0.1, 0.15) is 25.7 Å². The van der Waals surface area contributed by atoms with Gasteiger partial charge in [0.1, 0.15) is 0 Å². The van der Waals surface area contributed by atoms with Crippen molar-refractivity contribution < 1.29 is 4.79 Å². The van der Waals surface area contributed by atoms with Crippen molar-refractivity contribution in [3.05, 3.63) is 0 Å². The van der Waals surface area contributed by atoms with E-state index in [0.717, 1.165) is 12.3 Å². The van der Waals surface area contributed by atoms with Gasteiger partial charge < -0.3 is 0 Å². The zero-order chi connectivity index (χ0) is 7.14. The van der Waals surface area contributed by atoms with E-state index in [9.17, 15) is 4.79 Å². The minimum Gasteiger partial charge on any atom is -0.281 e. The van der Waals surface area contributed by atoms with E-state index < -0.39 is 0 Å². The lowest BCUT2D eigenvalue weighted by atomic mass is 9.90. The number of fused-ring (bicyclic) bond motifs is 2. The molecule has 0 aliphatic heterocycles. The largest absolute Gasteiger partial charge is 0.281 e. The van der Waals surface area contributed by atoms with Crippen LogP contribution in [0, 0.1) is 17.8 Å². The van der Waals surface area contributed by atoms with Gasteiger partial charge in [-0.25, -0.2) is 0 Å². The van der Waals surface area contributed by atoms with Crippen molar-refractivity contribution in [1.29, 1.82) is 0 Å². The quantitative estimate of drug-likeness (QED) is 0.535. The lowest BCUT2D eigenvalue weighted by Gasteiger charge is -2.16. The average Bonchev–Trinajstić information content (AvgIpc) is 2.44. The molecule has 0 saturated heterocycles. The van der Waals surface area contributed by atoms with Gasteiger partial charge in [-0.2, -0.15) is 0 Å². The van der Waals surface area contributed by atoms with Gasteiger partial charge >= 0.3 is 0 Å². The van der Waals surface area contributed by atoms with Crippen LogP contribution in [0.4, 0.5) is 0 Å². The van der Waals surface area contributed by atoms with E-state index in [-0.39, 0.29) is 11.2 Å². The Morgan fingerprint density at radius 1 is 1.30 bits per heavy atom. The van der Waals surface area contributed by atoms with Crippen LogP contribution < -0.4 is 0 Å². The lowest BCUT2D eigenvalue weighted by Crippen LogP contribution is -2.16. The number of carbonyl (C=O) groups excluding carboxylic acids is 1. The normalized spacial score (nSPS) is 44.3. The Morgan fingerprint density at radius 3 is 2.40 bits per heavy atom. The molecule has 0 aromatic carbocycles. The Bertz CT molecular complexity index is 167. The Morgan fingerprint density at radius 2 is 2.10 bits per heavy atom. The molecule has 0 aromatic heterocycles. The fourth-order valence-electron chi connectivity index (χ4n) is 2.52. The smallest absolute Gasteiger partial charge is 0.225 e. The molecule has 2 aliphatic rings. The maximum atomic E-state index is 10.8. The summed E-state index contributed by atoms with van der Waals surface area (Å²) in [5.41, 5.74) is 0. The first-order chi connectivity index (χ1) is 4.77. The molecule has 0 N–H and O–H groups in total. The molecule has 0 aromatic rings. The van der Waals surface area contributed by atoms with Crippen LogP contribution in [0.25, 0.3) is 0 Å². The van der Waals surface area contributed by atoms with Crippen molar-refractivity contribution in [3.8, 4) is 0 Å². The summed E-state index contributed by atoms with van der Waals surface area (Å²) in [7, 11) is 0. The Labute approximate surface area is 65.7 Å². The summed E-state index contributed by atoms with van der Waals surface area (Å²) in [5, 5.41) is -0.0906. The first-order valence-electron chi connectivity index (χ1n) is 3.96. The van der Waals surface area contributed by atoms with Gasteiger partial charge in [0.25, 0.3) is 0 Å². The topological polar surface area (TPSA) is 17.1 Å². The minimum absolute atomic E-state index is 0.0906. The summed E-state index contributed by atoms with van der Waals surface area (Å²) in [5.74, 6) is 1.70. The van der Waals surface area contributed by atoms with Gasteiger partial charge in [-0.15, -0.1) is 0 Å². The summed E-state index contributed by atoms with van der Waals surface area (Å²) in [6, 6.07) is 0. The van der Waals surface area contributed by atoms with E-state index in [1.165, 1.54) is 19.3 Å². The van der Waals surface area contributed by atoms with Crippen molar-refractivity contribution in [3.63, 3.8) is 0 Å². The fraction of sp³-hybridized carbons (Fsp3) is 0.875. The standard InChI is InChI=1S/C8H11ClO/c9-8(10)7-4-5-1-2-6(7)3-5/h5-7H,1-4H2/t5-,6+,7+/m1/s1. The summed E-state index contributed by atoms with van der Waals surface area (Å²) >= 11 is 5.44. The highest BCUT2D eigenvalue weighted by Crippen LogP contribution is 2.48. The SMILES string of the molecule is O=C(Cl)[C@H]1C[C@@H]2CC[C@H]1C2. The molecule has 0 unspecified atom stereocenters. The van der Waals surface area contributed by atoms with Crippen molar-refractivity contribution >= 4 is 16.8 Å². The molecule has 1 nitrogen and oxygen atoms in total. The van der Waals surface area contributed by atoms with Crippen LogP contribution in [0.5, 0.6) is 0 Å². The van der Waals surface area contributed by atoms with E-state index in [2.05, 4.69) is 0 Å². The van der Waals surface area contributed by atoms with Crippen LogP contribution >= 0.6 is 11.6 Å². The van der Waals surface area contributed by atoms with Crippen molar-refractivity contribution in [2.75, 3.05) is 0 Å². The van der Waals surface area contributed by atoms with Crippen LogP contribution in [-0.2, 0) is 4.79 Å². The molecule has 3 atom stereocenters. The predicted molar refractivity (Wildman–Crippen MR) is 39.8 cm³/mol. The van der Waals surface area contributed by atoms with E-state index in [1.54, 1.807) is 0 Å². The van der Waals surface area contributed by atoms with Gasteiger partial charge in [0.15, 0.2) is 0 Å². The summed E-state index contributed by atoms with van der Waals surface area (Å²) in [6.45, 7) is 0. The highest BCUT2D eigenvalue weighted by Gasteiger charge is 2.42. The Balaban J connectivity index is 2.08. The van der Waals surface area contributed by atoms with Crippen molar-refractivity contribution in [2.45, 2.75) is 25.7 Å². The third kappa shape index (κ3) is 0.878. The third-order valence-electron chi connectivity index (χ3n) is 3.03. The third-order valence-corrected chi connectivity index (χ3v) is 3.31. The zero-order valence-electron chi connectivity index (χ0n) is 5.85. The highest BCUT2D eigenvalue weighted by atomic mass is 35.5. The monoisotopic (exact) mass is 158 g/mol.